The summed E-state index contributed by atoms with van der Waals surface area (Å²) < 4.78 is 1.92. The maximum atomic E-state index is 12.0. The van der Waals surface area contributed by atoms with Crippen molar-refractivity contribution in [2.24, 2.45) is 5.92 Å². The molecule has 0 unspecified atom stereocenters. The van der Waals surface area contributed by atoms with Crippen LogP contribution in [0.1, 0.15) is 44.8 Å². The van der Waals surface area contributed by atoms with E-state index < -0.39 is 0 Å². The highest BCUT2D eigenvalue weighted by Crippen LogP contribution is 2.25. The number of rotatable bonds is 6. The summed E-state index contributed by atoms with van der Waals surface area (Å²) >= 11 is 0. The number of aromatic nitrogens is 2. The zero-order valence-corrected chi connectivity index (χ0v) is 13.8. The van der Waals surface area contributed by atoms with Crippen molar-refractivity contribution in [3.8, 4) is 0 Å². The molecular formula is C16H28N4O2. The molecule has 1 aromatic heterocycles. The third-order valence-corrected chi connectivity index (χ3v) is 4.32. The van der Waals surface area contributed by atoms with E-state index in [0.717, 1.165) is 31.4 Å². The molecule has 2 rings (SSSR count). The average Bonchev–Trinajstić information content (AvgIpc) is 3.09. The number of carbonyl (C=O) groups is 1. The van der Waals surface area contributed by atoms with E-state index in [-0.39, 0.29) is 18.1 Å². The third kappa shape index (κ3) is 4.47. The van der Waals surface area contributed by atoms with Crippen LogP contribution in [0.15, 0.2) is 12.3 Å². The highest BCUT2D eigenvalue weighted by Gasteiger charge is 2.27. The average molecular weight is 308 g/mol. The quantitative estimate of drug-likeness (QED) is 0.842. The summed E-state index contributed by atoms with van der Waals surface area (Å²) in [4.78, 5) is 13.7. The Hall–Kier alpha value is -1.56. The van der Waals surface area contributed by atoms with E-state index in [1.807, 2.05) is 16.9 Å². The highest BCUT2D eigenvalue weighted by molar-refractivity contribution is 5.73. The zero-order chi connectivity index (χ0) is 16.1. The van der Waals surface area contributed by atoms with Gasteiger partial charge in [0.05, 0.1) is 11.8 Å². The first kappa shape index (κ1) is 16.8. The molecule has 0 aromatic carbocycles. The van der Waals surface area contributed by atoms with E-state index >= 15 is 0 Å². The molecule has 2 amide bonds. The summed E-state index contributed by atoms with van der Waals surface area (Å²) in [5, 5.41) is 17.2. The summed E-state index contributed by atoms with van der Waals surface area (Å²) in [7, 11) is 1.79. The van der Waals surface area contributed by atoms with E-state index in [2.05, 4.69) is 24.3 Å². The Kier molecular flexibility index (Phi) is 5.83. The first-order chi connectivity index (χ1) is 10.5. The zero-order valence-electron chi connectivity index (χ0n) is 13.8. The van der Waals surface area contributed by atoms with E-state index in [1.54, 1.807) is 11.9 Å². The molecule has 1 aliphatic rings. The Morgan fingerprint density at radius 2 is 2.32 bits per heavy atom. The maximum absolute atomic E-state index is 12.0. The molecule has 22 heavy (non-hydrogen) atoms. The fraction of sp³-hybridized carbons (Fsp3) is 0.750. The predicted molar refractivity (Wildman–Crippen MR) is 85.7 cm³/mol. The van der Waals surface area contributed by atoms with Crippen LogP contribution in [0.5, 0.6) is 0 Å². The van der Waals surface area contributed by atoms with Crippen molar-refractivity contribution in [3.63, 3.8) is 0 Å². The van der Waals surface area contributed by atoms with Crippen LogP contribution in [0, 0.1) is 5.92 Å². The predicted octanol–water partition coefficient (Wildman–Crippen LogP) is 1.81. The SMILES string of the molecule is CC(C)n1ccc(CCNC(=O)N(C)C[C@H]2CCC[C@H]2O)n1. The number of amides is 2. The van der Waals surface area contributed by atoms with Crippen LogP contribution in [-0.4, -0.2) is 52.1 Å². The fourth-order valence-corrected chi connectivity index (χ4v) is 2.90. The first-order valence-electron chi connectivity index (χ1n) is 8.18. The lowest BCUT2D eigenvalue weighted by Gasteiger charge is -2.23. The Morgan fingerprint density at radius 1 is 1.55 bits per heavy atom. The van der Waals surface area contributed by atoms with E-state index in [1.165, 1.54) is 0 Å². The lowest BCUT2D eigenvalue weighted by molar-refractivity contribution is 0.114. The standard InChI is InChI=1S/C16H28N4O2/c1-12(2)20-10-8-14(18-20)7-9-17-16(22)19(3)11-13-5-4-6-15(13)21/h8,10,12-13,15,21H,4-7,9,11H2,1-3H3,(H,17,22)/t13-,15-/m1/s1. The molecule has 2 N–H and O–H groups in total. The van der Waals surface area contributed by atoms with E-state index in [9.17, 15) is 9.90 Å². The van der Waals surface area contributed by atoms with Gasteiger partial charge >= 0.3 is 6.03 Å². The second-order valence-corrected chi connectivity index (χ2v) is 6.50. The van der Waals surface area contributed by atoms with Crippen LogP contribution in [0.3, 0.4) is 0 Å². The van der Waals surface area contributed by atoms with Crippen LogP contribution < -0.4 is 5.32 Å². The maximum Gasteiger partial charge on any atom is 0.317 e. The molecule has 6 nitrogen and oxygen atoms in total. The van der Waals surface area contributed by atoms with Crippen molar-refractivity contribution in [3.05, 3.63) is 18.0 Å². The first-order valence-corrected chi connectivity index (χ1v) is 8.18. The van der Waals surface area contributed by atoms with Crippen LogP contribution in [0.4, 0.5) is 4.79 Å². The molecule has 1 aromatic rings. The second-order valence-electron chi connectivity index (χ2n) is 6.50. The minimum atomic E-state index is -0.254. The number of hydrogen-bond donors (Lipinski definition) is 2. The van der Waals surface area contributed by atoms with E-state index in [4.69, 9.17) is 0 Å². The van der Waals surface area contributed by atoms with Crippen molar-refractivity contribution >= 4 is 6.03 Å². The van der Waals surface area contributed by atoms with Gasteiger partial charge in [0, 0.05) is 44.7 Å². The number of carbonyl (C=O) groups excluding carboxylic acids is 1. The van der Waals surface area contributed by atoms with Gasteiger partial charge in [-0.15, -0.1) is 0 Å². The molecule has 0 bridgehead atoms. The van der Waals surface area contributed by atoms with Crippen LogP contribution in [0.25, 0.3) is 0 Å². The molecule has 0 aliphatic heterocycles. The van der Waals surface area contributed by atoms with Gasteiger partial charge in [0.15, 0.2) is 0 Å². The minimum Gasteiger partial charge on any atom is -0.393 e. The molecule has 1 aliphatic carbocycles. The summed E-state index contributed by atoms with van der Waals surface area (Å²) in [6.07, 6.45) is 5.36. The van der Waals surface area contributed by atoms with Gasteiger partial charge in [0.25, 0.3) is 0 Å². The number of hydrogen-bond acceptors (Lipinski definition) is 3. The monoisotopic (exact) mass is 308 g/mol. The fourth-order valence-electron chi connectivity index (χ4n) is 2.90. The molecule has 1 fully saturated rings. The van der Waals surface area contributed by atoms with Gasteiger partial charge in [-0.2, -0.15) is 5.10 Å². The molecule has 6 heteroatoms. The van der Waals surface area contributed by atoms with Crippen molar-refractivity contribution in [1.29, 1.82) is 0 Å². The van der Waals surface area contributed by atoms with Crippen molar-refractivity contribution < 1.29 is 9.90 Å². The largest absolute Gasteiger partial charge is 0.393 e. The Balaban J connectivity index is 1.70. The molecular weight excluding hydrogens is 280 g/mol. The van der Waals surface area contributed by atoms with Gasteiger partial charge in [-0.05, 0) is 32.8 Å². The normalized spacial score (nSPS) is 21.3. The van der Waals surface area contributed by atoms with Crippen molar-refractivity contribution in [2.75, 3.05) is 20.1 Å². The molecule has 0 radical (unpaired) electrons. The van der Waals surface area contributed by atoms with Crippen LogP contribution >= 0.6 is 0 Å². The lowest BCUT2D eigenvalue weighted by Crippen LogP contribution is -2.41. The number of nitrogens with zero attached hydrogens (tertiary/aromatic N) is 3. The number of aliphatic hydroxyl groups is 1. The van der Waals surface area contributed by atoms with E-state index in [0.29, 0.717) is 19.1 Å². The van der Waals surface area contributed by atoms with Crippen molar-refractivity contribution in [2.45, 2.75) is 51.7 Å². The topological polar surface area (TPSA) is 70.4 Å². The smallest absolute Gasteiger partial charge is 0.317 e. The lowest BCUT2D eigenvalue weighted by atomic mass is 10.1. The van der Waals surface area contributed by atoms with Gasteiger partial charge in [0.2, 0.25) is 0 Å². The Labute approximate surface area is 132 Å². The van der Waals surface area contributed by atoms with Crippen LogP contribution in [0.2, 0.25) is 0 Å². The summed E-state index contributed by atoms with van der Waals surface area (Å²) in [6.45, 7) is 5.37. The molecule has 0 spiro atoms. The Bertz CT molecular complexity index is 486. The summed E-state index contributed by atoms with van der Waals surface area (Å²) in [6, 6.07) is 2.26. The number of aliphatic hydroxyl groups excluding tert-OH is 1. The molecule has 1 heterocycles. The summed E-state index contributed by atoms with van der Waals surface area (Å²) in [5.74, 6) is 0.220. The highest BCUT2D eigenvalue weighted by atomic mass is 16.3. The summed E-state index contributed by atoms with van der Waals surface area (Å²) in [5.41, 5.74) is 0.989. The Morgan fingerprint density at radius 3 is 2.91 bits per heavy atom. The van der Waals surface area contributed by atoms with Gasteiger partial charge in [0.1, 0.15) is 0 Å². The third-order valence-electron chi connectivity index (χ3n) is 4.32. The van der Waals surface area contributed by atoms with Gasteiger partial charge in [-0.3, -0.25) is 4.68 Å². The van der Waals surface area contributed by atoms with Gasteiger partial charge in [-0.25, -0.2) is 4.79 Å². The van der Waals surface area contributed by atoms with Gasteiger partial charge < -0.3 is 15.3 Å². The molecule has 124 valence electrons. The number of urea groups is 1. The van der Waals surface area contributed by atoms with Gasteiger partial charge in [-0.1, -0.05) is 6.42 Å². The second kappa shape index (κ2) is 7.63. The minimum absolute atomic E-state index is 0.0811. The number of nitrogens with one attached hydrogen (secondary N) is 1. The van der Waals surface area contributed by atoms with Crippen LogP contribution in [-0.2, 0) is 6.42 Å². The molecule has 1 saturated carbocycles. The van der Waals surface area contributed by atoms with Crippen molar-refractivity contribution in [1.82, 2.24) is 20.0 Å². The molecule has 0 saturated heterocycles. The molecule has 2 atom stereocenters.